The zero-order chi connectivity index (χ0) is 18.3. The van der Waals surface area contributed by atoms with Crippen molar-refractivity contribution >= 4 is 23.5 Å². The van der Waals surface area contributed by atoms with Gasteiger partial charge in [-0.25, -0.2) is 9.59 Å². The van der Waals surface area contributed by atoms with Crippen LogP contribution in [0.15, 0.2) is 16.1 Å². The summed E-state index contributed by atoms with van der Waals surface area (Å²) < 4.78 is 0. The molecular formula is C21H28N2O2. The average molecular weight is 340 g/mol. The van der Waals surface area contributed by atoms with Gasteiger partial charge in [-0.1, -0.05) is 52.9 Å². The molecule has 0 aliphatic heterocycles. The van der Waals surface area contributed by atoms with Crippen LogP contribution in [0.1, 0.15) is 82.4 Å². The van der Waals surface area contributed by atoms with E-state index in [0.29, 0.717) is 11.4 Å². The van der Waals surface area contributed by atoms with Crippen molar-refractivity contribution < 1.29 is 9.59 Å². The van der Waals surface area contributed by atoms with Crippen LogP contribution < -0.4 is 0 Å². The lowest BCUT2D eigenvalue weighted by molar-refractivity contribution is 0.523. The number of nitrogens with zero attached hydrogens (tertiary/aromatic N) is 2. The molecule has 2 rings (SSSR count). The fraction of sp³-hybridized carbons (Fsp3) is 0.619. The fourth-order valence-corrected chi connectivity index (χ4v) is 3.99. The predicted octanol–water partition coefficient (Wildman–Crippen LogP) is 5.75. The van der Waals surface area contributed by atoms with E-state index in [-0.39, 0.29) is 5.41 Å². The summed E-state index contributed by atoms with van der Waals surface area (Å²) in [5, 5.41) is 0. The number of hydrogen-bond donors (Lipinski definition) is 0. The number of unbranched alkanes of at least 4 members (excludes halogenated alkanes) is 5. The molecule has 0 spiro atoms. The SMILES string of the molecule is CCCCCCCCc1c(N=C=O)cc(N=C=O)c2c1CCC2(C)C. The lowest BCUT2D eigenvalue weighted by atomic mass is 9.84. The van der Waals surface area contributed by atoms with E-state index >= 15 is 0 Å². The van der Waals surface area contributed by atoms with Crippen molar-refractivity contribution in [3.63, 3.8) is 0 Å². The van der Waals surface area contributed by atoms with Crippen molar-refractivity contribution in [3.8, 4) is 0 Å². The van der Waals surface area contributed by atoms with Crippen molar-refractivity contribution in [2.75, 3.05) is 0 Å². The Morgan fingerprint density at radius 3 is 2.32 bits per heavy atom. The van der Waals surface area contributed by atoms with E-state index in [1.165, 1.54) is 37.7 Å². The smallest absolute Gasteiger partial charge is 0.211 e. The van der Waals surface area contributed by atoms with Crippen molar-refractivity contribution in [1.82, 2.24) is 0 Å². The largest absolute Gasteiger partial charge is 0.240 e. The minimum atomic E-state index is -0.0235. The summed E-state index contributed by atoms with van der Waals surface area (Å²) in [4.78, 5) is 29.5. The summed E-state index contributed by atoms with van der Waals surface area (Å²) in [6.07, 6.45) is 13.5. The first kappa shape index (κ1) is 19.3. The van der Waals surface area contributed by atoms with Crippen molar-refractivity contribution in [2.24, 2.45) is 9.98 Å². The molecule has 1 aliphatic rings. The molecule has 0 fully saturated rings. The second kappa shape index (κ2) is 8.89. The van der Waals surface area contributed by atoms with E-state index in [0.717, 1.165) is 36.8 Å². The highest BCUT2D eigenvalue weighted by molar-refractivity contribution is 5.71. The number of benzene rings is 1. The molecule has 134 valence electrons. The number of hydrogen-bond acceptors (Lipinski definition) is 4. The van der Waals surface area contributed by atoms with Crippen LogP contribution in [0.25, 0.3) is 0 Å². The maximum atomic E-state index is 10.9. The molecule has 0 bridgehead atoms. The third-order valence-corrected chi connectivity index (χ3v) is 5.29. The first-order valence-electron chi connectivity index (χ1n) is 9.40. The average Bonchev–Trinajstić information content (AvgIpc) is 2.89. The lowest BCUT2D eigenvalue weighted by Crippen LogP contribution is -2.12. The van der Waals surface area contributed by atoms with Gasteiger partial charge >= 0.3 is 0 Å². The second-order valence-electron chi connectivity index (χ2n) is 7.55. The Labute approximate surface area is 150 Å². The van der Waals surface area contributed by atoms with Crippen LogP contribution in [0.2, 0.25) is 0 Å². The minimum absolute atomic E-state index is 0.0235. The Kier molecular flexibility index (Phi) is 6.87. The lowest BCUT2D eigenvalue weighted by Gasteiger charge is -2.22. The van der Waals surface area contributed by atoms with Gasteiger partial charge in [0.1, 0.15) is 0 Å². The highest BCUT2D eigenvalue weighted by Gasteiger charge is 2.35. The number of rotatable bonds is 9. The van der Waals surface area contributed by atoms with E-state index in [4.69, 9.17) is 0 Å². The summed E-state index contributed by atoms with van der Waals surface area (Å²) in [5.41, 5.74) is 4.70. The topological polar surface area (TPSA) is 58.9 Å². The predicted molar refractivity (Wildman–Crippen MR) is 100 cm³/mol. The molecule has 4 heteroatoms. The van der Waals surface area contributed by atoms with Gasteiger partial charge in [-0.2, -0.15) is 9.98 Å². The Balaban J connectivity index is 2.33. The number of aliphatic imine (C=N–C) groups is 2. The summed E-state index contributed by atoms with van der Waals surface area (Å²) in [6, 6.07) is 1.76. The molecule has 0 amide bonds. The van der Waals surface area contributed by atoms with Gasteiger partial charge in [-0.05, 0) is 53.9 Å². The molecule has 1 aliphatic carbocycles. The van der Waals surface area contributed by atoms with Gasteiger partial charge in [-0.3, -0.25) is 0 Å². The molecule has 25 heavy (non-hydrogen) atoms. The molecule has 0 saturated heterocycles. The Morgan fingerprint density at radius 2 is 1.64 bits per heavy atom. The van der Waals surface area contributed by atoms with Crippen LogP contribution in [0.5, 0.6) is 0 Å². The van der Waals surface area contributed by atoms with Gasteiger partial charge in [-0.15, -0.1) is 0 Å². The van der Waals surface area contributed by atoms with Gasteiger partial charge < -0.3 is 0 Å². The van der Waals surface area contributed by atoms with E-state index in [1.54, 1.807) is 18.2 Å². The van der Waals surface area contributed by atoms with Gasteiger partial charge in [0.2, 0.25) is 12.2 Å². The van der Waals surface area contributed by atoms with Crippen molar-refractivity contribution in [3.05, 3.63) is 22.8 Å². The zero-order valence-corrected chi connectivity index (χ0v) is 15.7. The third kappa shape index (κ3) is 4.54. The molecule has 1 aromatic rings. The first-order chi connectivity index (χ1) is 12.0. The zero-order valence-electron chi connectivity index (χ0n) is 15.7. The molecule has 0 atom stereocenters. The number of fused-ring (bicyclic) bond motifs is 1. The van der Waals surface area contributed by atoms with Gasteiger partial charge in [0.25, 0.3) is 0 Å². The van der Waals surface area contributed by atoms with Crippen molar-refractivity contribution in [1.29, 1.82) is 0 Å². The van der Waals surface area contributed by atoms with Crippen LogP contribution in [-0.4, -0.2) is 12.2 Å². The quantitative estimate of drug-likeness (QED) is 0.326. The van der Waals surface area contributed by atoms with Crippen LogP contribution in [0.4, 0.5) is 11.4 Å². The maximum absolute atomic E-state index is 10.9. The monoisotopic (exact) mass is 340 g/mol. The molecular weight excluding hydrogens is 312 g/mol. The summed E-state index contributed by atoms with van der Waals surface area (Å²) in [6.45, 7) is 6.58. The fourth-order valence-electron chi connectivity index (χ4n) is 3.99. The number of carbonyl (C=O) groups excluding carboxylic acids is 2. The van der Waals surface area contributed by atoms with E-state index in [9.17, 15) is 9.59 Å². The van der Waals surface area contributed by atoms with Gasteiger partial charge in [0.15, 0.2) is 0 Å². The maximum Gasteiger partial charge on any atom is 0.240 e. The normalized spacial score (nSPS) is 14.5. The molecule has 0 aromatic heterocycles. The van der Waals surface area contributed by atoms with E-state index < -0.39 is 0 Å². The van der Waals surface area contributed by atoms with Crippen LogP contribution in [0, 0.1) is 0 Å². The minimum Gasteiger partial charge on any atom is -0.211 e. The van der Waals surface area contributed by atoms with E-state index in [1.807, 2.05) is 0 Å². The summed E-state index contributed by atoms with van der Waals surface area (Å²) >= 11 is 0. The van der Waals surface area contributed by atoms with Gasteiger partial charge in [0.05, 0.1) is 11.4 Å². The molecule has 1 aromatic carbocycles. The number of isocyanates is 2. The van der Waals surface area contributed by atoms with Gasteiger partial charge in [0, 0.05) is 0 Å². The highest BCUT2D eigenvalue weighted by atomic mass is 16.1. The molecule has 0 saturated carbocycles. The third-order valence-electron chi connectivity index (χ3n) is 5.29. The van der Waals surface area contributed by atoms with Crippen molar-refractivity contribution in [2.45, 2.75) is 84.0 Å². The van der Waals surface area contributed by atoms with Crippen LogP contribution >= 0.6 is 0 Å². The first-order valence-corrected chi connectivity index (χ1v) is 9.40. The molecule has 0 radical (unpaired) electrons. The highest BCUT2D eigenvalue weighted by Crippen LogP contribution is 2.48. The Hall–Kier alpha value is -2.02. The van der Waals surface area contributed by atoms with E-state index in [2.05, 4.69) is 30.8 Å². The molecule has 0 heterocycles. The molecule has 0 unspecified atom stereocenters. The van der Waals surface area contributed by atoms with Crippen LogP contribution in [0.3, 0.4) is 0 Å². The summed E-state index contributed by atoms with van der Waals surface area (Å²) in [7, 11) is 0. The molecule has 0 N–H and O–H groups in total. The Morgan fingerprint density at radius 1 is 1.00 bits per heavy atom. The standard InChI is InChI=1S/C21H28N2O2/c1-4-5-6-7-8-9-10-16-17-11-12-21(2,3)20(17)19(23-15-25)13-18(16)22-14-24/h13H,4-12H2,1-3H3. The second-order valence-corrected chi connectivity index (χ2v) is 7.55. The Bertz CT molecular complexity index is 709. The van der Waals surface area contributed by atoms with Crippen LogP contribution in [-0.2, 0) is 27.8 Å². The summed E-state index contributed by atoms with van der Waals surface area (Å²) in [5.74, 6) is 0. The molecule has 4 nitrogen and oxygen atoms in total.